The maximum Gasteiger partial charge on any atom is 0.255 e. The van der Waals surface area contributed by atoms with Crippen molar-refractivity contribution in [1.82, 2.24) is 4.90 Å². The smallest absolute Gasteiger partial charge is 0.255 e. The lowest BCUT2D eigenvalue weighted by atomic mass is 10.0. The van der Waals surface area contributed by atoms with Crippen molar-refractivity contribution in [3.8, 4) is 11.1 Å². The maximum atomic E-state index is 15.6. The van der Waals surface area contributed by atoms with E-state index >= 15 is 4.39 Å². The Hall–Kier alpha value is -2.84. The molecule has 0 radical (unpaired) electrons. The molecule has 5 rings (SSSR count). The molecule has 0 aromatic heterocycles. The Kier molecular flexibility index (Phi) is 8.09. The summed E-state index contributed by atoms with van der Waals surface area (Å²) in [6.07, 6.45) is 0.955. The van der Waals surface area contributed by atoms with Crippen molar-refractivity contribution in [3.05, 3.63) is 76.0 Å². The zero-order valence-electron chi connectivity index (χ0n) is 21.5. The van der Waals surface area contributed by atoms with Crippen LogP contribution in [0.5, 0.6) is 0 Å². The van der Waals surface area contributed by atoms with Gasteiger partial charge in [0.2, 0.25) is 0 Å². The lowest BCUT2D eigenvalue weighted by Gasteiger charge is -2.29. The Bertz CT molecular complexity index is 1290. The van der Waals surface area contributed by atoms with Gasteiger partial charge in [-0.3, -0.25) is 4.79 Å². The van der Waals surface area contributed by atoms with Gasteiger partial charge in [-0.1, -0.05) is 35.3 Å². The number of rotatable bonds is 6. The van der Waals surface area contributed by atoms with Crippen molar-refractivity contribution in [2.75, 3.05) is 68.6 Å². The summed E-state index contributed by atoms with van der Waals surface area (Å²) in [6.45, 7) is 4.56. The minimum Gasteiger partial charge on any atom is -0.378 e. The van der Waals surface area contributed by atoms with E-state index in [-0.39, 0.29) is 11.7 Å². The summed E-state index contributed by atoms with van der Waals surface area (Å²) in [5, 5.41) is 3.75. The molecule has 2 aliphatic heterocycles. The highest BCUT2D eigenvalue weighted by Crippen LogP contribution is 2.37. The van der Waals surface area contributed by atoms with Crippen LogP contribution in [-0.2, 0) is 4.74 Å². The number of amides is 1. The monoisotopic (exact) mass is 556 g/mol. The van der Waals surface area contributed by atoms with Gasteiger partial charge in [0, 0.05) is 59.1 Å². The van der Waals surface area contributed by atoms with E-state index in [1.807, 2.05) is 38.4 Å². The summed E-state index contributed by atoms with van der Waals surface area (Å²) in [7, 11) is 4.09. The van der Waals surface area contributed by atoms with E-state index in [0.29, 0.717) is 51.8 Å². The van der Waals surface area contributed by atoms with Crippen molar-refractivity contribution in [3.63, 3.8) is 0 Å². The largest absolute Gasteiger partial charge is 0.378 e. The van der Waals surface area contributed by atoms with Gasteiger partial charge in [-0.15, -0.1) is 0 Å². The molecule has 2 aliphatic rings. The highest BCUT2D eigenvalue weighted by Gasteiger charge is 2.27. The fourth-order valence-corrected chi connectivity index (χ4v) is 5.61. The fraction of sp³-hybridized carbons (Fsp3) is 0.345. The van der Waals surface area contributed by atoms with Crippen LogP contribution in [-0.4, -0.2) is 70.3 Å². The molecule has 0 bridgehead atoms. The molecular weight excluding hydrogens is 526 g/mol. The van der Waals surface area contributed by atoms with Gasteiger partial charge < -0.3 is 24.8 Å². The van der Waals surface area contributed by atoms with Crippen LogP contribution in [0.1, 0.15) is 16.8 Å². The van der Waals surface area contributed by atoms with Crippen LogP contribution in [0.2, 0.25) is 10.0 Å². The number of carbonyl (C=O) groups excluding carboxylic acids is 1. The van der Waals surface area contributed by atoms with Crippen molar-refractivity contribution in [1.29, 1.82) is 0 Å². The first kappa shape index (κ1) is 26.8. The molecule has 0 saturated carbocycles. The minimum atomic E-state index is -0.362. The number of nitrogens with one attached hydrogen (secondary N) is 1. The first-order valence-corrected chi connectivity index (χ1v) is 13.5. The first-order chi connectivity index (χ1) is 18.3. The van der Waals surface area contributed by atoms with Gasteiger partial charge in [0.15, 0.2) is 0 Å². The molecule has 3 aromatic carbocycles. The third-order valence-electron chi connectivity index (χ3n) is 7.25. The molecule has 1 atom stereocenters. The number of likely N-dealkylation sites (N-methyl/N-ethyl adjacent to an activating group) is 1. The van der Waals surface area contributed by atoms with Crippen LogP contribution < -0.4 is 15.1 Å². The maximum absolute atomic E-state index is 15.6. The molecule has 1 N–H and O–H groups in total. The third kappa shape index (κ3) is 5.91. The third-order valence-corrected chi connectivity index (χ3v) is 7.68. The topological polar surface area (TPSA) is 48.1 Å². The molecule has 9 heteroatoms. The van der Waals surface area contributed by atoms with E-state index in [1.165, 1.54) is 6.07 Å². The number of anilines is 3. The number of nitrogens with zero attached hydrogens (tertiary/aromatic N) is 3. The van der Waals surface area contributed by atoms with Crippen LogP contribution in [0.25, 0.3) is 11.1 Å². The lowest BCUT2D eigenvalue weighted by molar-refractivity contribution is 0.102. The molecule has 0 unspecified atom stereocenters. The van der Waals surface area contributed by atoms with Gasteiger partial charge in [0.05, 0.1) is 24.6 Å². The van der Waals surface area contributed by atoms with Crippen molar-refractivity contribution in [2.45, 2.75) is 12.5 Å². The predicted octanol–water partition coefficient (Wildman–Crippen LogP) is 6.03. The number of carbonyl (C=O) groups is 1. The zero-order chi connectivity index (χ0) is 26.8. The minimum absolute atomic E-state index is 0.335. The highest BCUT2D eigenvalue weighted by molar-refractivity contribution is 6.35. The van der Waals surface area contributed by atoms with Crippen LogP contribution in [0.3, 0.4) is 0 Å². The summed E-state index contributed by atoms with van der Waals surface area (Å²) in [4.78, 5) is 19.8. The van der Waals surface area contributed by atoms with Crippen molar-refractivity contribution >= 4 is 46.2 Å². The molecule has 2 fully saturated rings. The van der Waals surface area contributed by atoms with Gasteiger partial charge in [0.25, 0.3) is 5.91 Å². The molecule has 1 amide bonds. The second-order valence-corrected chi connectivity index (χ2v) is 10.8. The fourth-order valence-electron chi connectivity index (χ4n) is 5.08. The molecule has 2 heterocycles. The average Bonchev–Trinajstić information content (AvgIpc) is 3.40. The van der Waals surface area contributed by atoms with E-state index < -0.39 is 0 Å². The second kappa shape index (κ2) is 11.5. The second-order valence-electron chi connectivity index (χ2n) is 9.96. The standard InChI is InChI=1S/C29H31Cl2FN4O2/c1-34(2)24-7-8-36(18-24)28-17-26(32)25(19-3-5-23(6-4-19)35-9-11-38-12-10-35)16-27(28)33-29(37)20-13-21(30)15-22(31)14-20/h3-6,13-17,24H,7-12,18H2,1-2H3,(H,33,37)/t24-/m1/s1. The van der Waals surface area contributed by atoms with E-state index in [0.717, 1.165) is 43.9 Å². The van der Waals surface area contributed by atoms with Gasteiger partial charge in [-0.25, -0.2) is 4.39 Å². The van der Waals surface area contributed by atoms with Gasteiger partial charge in [0.1, 0.15) is 5.82 Å². The normalized spacial score (nSPS) is 17.8. The average molecular weight is 557 g/mol. The number of ether oxygens (including phenoxy) is 1. The molecular formula is C29H31Cl2FN4O2. The molecule has 0 aliphatic carbocycles. The Labute approximate surface area is 232 Å². The van der Waals surface area contributed by atoms with E-state index in [9.17, 15) is 4.79 Å². The van der Waals surface area contributed by atoms with Crippen molar-refractivity contribution < 1.29 is 13.9 Å². The van der Waals surface area contributed by atoms with Crippen LogP contribution >= 0.6 is 23.2 Å². The van der Waals surface area contributed by atoms with Crippen LogP contribution in [0, 0.1) is 5.82 Å². The Morgan fingerprint density at radius 1 is 0.974 bits per heavy atom. The lowest BCUT2D eigenvalue weighted by Crippen LogP contribution is -2.36. The summed E-state index contributed by atoms with van der Waals surface area (Å²) >= 11 is 12.3. The SMILES string of the molecule is CN(C)[C@@H]1CCN(c2cc(F)c(-c3ccc(N4CCOCC4)cc3)cc2NC(=O)c2cc(Cl)cc(Cl)c2)C1. The van der Waals surface area contributed by atoms with Crippen molar-refractivity contribution in [2.24, 2.45) is 0 Å². The summed E-state index contributed by atoms with van der Waals surface area (Å²) in [5.74, 6) is -0.699. The van der Waals surface area contributed by atoms with Gasteiger partial charge in [-0.2, -0.15) is 0 Å². The summed E-state index contributed by atoms with van der Waals surface area (Å²) in [6, 6.07) is 16.2. The first-order valence-electron chi connectivity index (χ1n) is 12.7. The Balaban J connectivity index is 1.49. The number of hydrogen-bond donors (Lipinski definition) is 1. The quantitative estimate of drug-likeness (QED) is 0.401. The number of benzene rings is 3. The van der Waals surface area contributed by atoms with Crippen LogP contribution in [0.15, 0.2) is 54.6 Å². The van der Waals surface area contributed by atoms with Gasteiger partial charge >= 0.3 is 0 Å². The molecule has 200 valence electrons. The van der Waals surface area contributed by atoms with Gasteiger partial charge in [-0.05, 0) is 68.5 Å². The molecule has 6 nitrogen and oxygen atoms in total. The van der Waals surface area contributed by atoms with E-state index in [4.69, 9.17) is 27.9 Å². The molecule has 38 heavy (non-hydrogen) atoms. The Morgan fingerprint density at radius 2 is 1.66 bits per heavy atom. The van der Waals surface area contributed by atoms with E-state index in [1.54, 1.807) is 24.3 Å². The number of morpholine rings is 1. The predicted molar refractivity (Wildman–Crippen MR) is 154 cm³/mol. The number of halogens is 3. The zero-order valence-corrected chi connectivity index (χ0v) is 23.0. The van der Waals surface area contributed by atoms with Crippen LogP contribution in [0.4, 0.5) is 21.5 Å². The Morgan fingerprint density at radius 3 is 2.29 bits per heavy atom. The summed E-state index contributed by atoms with van der Waals surface area (Å²) in [5.41, 5.74) is 3.76. The molecule has 3 aromatic rings. The molecule has 2 saturated heterocycles. The molecule has 0 spiro atoms. The summed E-state index contributed by atoms with van der Waals surface area (Å²) < 4.78 is 21.1. The van der Waals surface area contributed by atoms with E-state index in [2.05, 4.69) is 20.0 Å². The number of hydrogen-bond acceptors (Lipinski definition) is 5. The highest BCUT2D eigenvalue weighted by atomic mass is 35.5.